The minimum Gasteiger partial charge on any atom is -0.426 e. The lowest BCUT2D eigenvalue weighted by atomic mass is 10.2. The third-order valence-corrected chi connectivity index (χ3v) is 2.37. The van der Waals surface area contributed by atoms with Gasteiger partial charge >= 0.3 is 5.97 Å². The maximum Gasteiger partial charge on any atom is 0.315 e. The largest absolute Gasteiger partial charge is 0.426 e. The first-order chi connectivity index (χ1) is 10.2. The summed E-state index contributed by atoms with van der Waals surface area (Å²) in [6, 6.07) is 12.9. The number of para-hydroxylation sites is 1. The van der Waals surface area contributed by atoms with Crippen LogP contribution in [0.4, 0.5) is 0 Å². The number of halogens is 1. The molecule has 0 aliphatic carbocycles. The average Bonchev–Trinajstić information content (AvgIpc) is 2.40. The average molecular weight is 328 g/mol. The lowest BCUT2D eigenvalue weighted by Crippen LogP contribution is -2.68. The van der Waals surface area contributed by atoms with Crippen molar-refractivity contribution in [1.82, 2.24) is 0 Å². The molecule has 1 aromatic heterocycles. The van der Waals surface area contributed by atoms with Crippen molar-refractivity contribution in [1.29, 1.82) is 0 Å². The predicted octanol–water partition coefficient (Wildman–Crippen LogP) is -3.10. The van der Waals surface area contributed by atoms with Crippen molar-refractivity contribution in [2.75, 3.05) is 0 Å². The van der Waals surface area contributed by atoms with E-state index in [2.05, 4.69) is 0 Å². The SMILES string of the molecule is C[n+]1ccc(CC(=O)Oc2ccccc2)cc1.[O-][Cl+3]([O-])([O-])[O-]. The van der Waals surface area contributed by atoms with Crippen molar-refractivity contribution < 1.29 is 43.0 Å². The molecule has 1 heterocycles. The molecule has 0 saturated heterocycles. The van der Waals surface area contributed by atoms with E-state index in [1.165, 1.54) is 0 Å². The van der Waals surface area contributed by atoms with E-state index in [1.54, 1.807) is 12.1 Å². The van der Waals surface area contributed by atoms with Crippen LogP contribution in [0, 0.1) is 10.2 Å². The lowest BCUT2D eigenvalue weighted by Gasteiger charge is -2.17. The third-order valence-electron chi connectivity index (χ3n) is 2.37. The molecule has 0 amide bonds. The highest BCUT2D eigenvalue weighted by atomic mass is 35.7. The summed E-state index contributed by atoms with van der Waals surface area (Å²) < 4.78 is 41.1. The molecular weight excluding hydrogens is 314 g/mol. The molecule has 0 atom stereocenters. The minimum atomic E-state index is -4.94. The molecule has 0 saturated carbocycles. The van der Waals surface area contributed by atoms with E-state index in [1.807, 2.05) is 54.3 Å². The normalized spacial score (nSPS) is 10.4. The summed E-state index contributed by atoms with van der Waals surface area (Å²) in [7, 11) is -3.01. The van der Waals surface area contributed by atoms with Gasteiger partial charge in [0.2, 0.25) is 0 Å². The zero-order valence-electron chi connectivity index (χ0n) is 11.7. The fourth-order valence-corrected chi connectivity index (χ4v) is 1.47. The van der Waals surface area contributed by atoms with Crippen LogP contribution in [0.3, 0.4) is 0 Å². The smallest absolute Gasteiger partial charge is 0.315 e. The monoisotopic (exact) mass is 327 g/mol. The van der Waals surface area contributed by atoms with Gasteiger partial charge in [-0.2, -0.15) is 0 Å². The van der Waals surface area contributed by atoms with Crippen LogP contribution in [0.5, 0.6) is 5.75 Å². The Bertz CT molecular complexity index is 577. The van der Waals surface area contributed by atoms with Gasteiger partial charge < -0.3 is 4.74 Å². The van der Waals surface area contributed by atoms with Crippen molar-refractivity contribution >= 4 is 5.97 Å². The van der Waals surface area contributed by atoms with E-state index in [9.17, 15) is 4.79 Å². The first kappa shape index (κ1) is 18.0. The molecule has 0 N–H and O–H groups in total. The van der Waals surface area contributed by atoms with Crippen LogP contribution in [0.1, 0.15) is 5.56 Å². The van der Waals surface area contributed by atoms with Crippen LogP contribution < -0.4 is 27.9 Å². The fourth-order valence-electron chi connectivity index (χ4n) is 1.47. The molecule has 0 fully saturated rings. The number of rotatable bonds is 3. The molecule has 118 valence electrons. The highest BCUT2D eigenvalue weighted by Gasteiger charge is 2.06. The van der Waals surface area contributed by atoms with Gasteiger partial charge in [-0.25, -0.2) is 23.2 Å². The highest BCUT2D eigenvalue weighted by Crippen LogP contribution is 2.09. The van der Waals surface area contributed by atoms with Gasteiger partial charge in [0.15, 0.2) is 12.4 Å². The molecular formula is C14H14ClNO6. The molecule has 0 radical (unpaired) electrons. The van der Waals surface area contributed by atoms with Crippen LogP contribution in [-0.2, 0) is 18.3 Å². The van der Waals surface area contributed by atoms with Crippen LogP contribution in [0.2, 0.25) is 0 Å². The Morgan fingerprint density at radius 2 is 1.55 bits per heavy atom. The lowest BCUT2D eigenvalue weighted by molar-refractivity contribution is -2.00. The van der Waals surface area contributed by atoms with Crippen molar-refractivity contribution in [2.45, 2.75) is 6.42 Å². The molecule has 2 rings (SSSR count). The van der Waals surface area contributed by atoms with Gasteiger partial charge in [-0.05, 0) is 17.7 Å². The van der Waals surface area contributed by atoms with Crippen LogP contribution in [-0.4, -0.2) is 5.97 Å². The first-order valence-corrected chi connectivity index (χ1v) is 7.29. The van der Waals surface area contributed by atoms with Gasteiger partial charge in [-0.15, -0.1) is 10.2 Å². The number of benzene rings is 1. The van der Waals surface area contributed by atoms with Crippen LogP contribution >= 0.6 is 0 Å². The maximum atomic E-state index is 11.6. The molecule has 7 nitrogen and oxygen atoms in total. The Labute approximate surface area is 129 Å². The van der Waals surface area contributed by atoms with Crippen molar-refractivity contribution in [2.24, 2.45) is 7.05 Å². The molecule has 0 spiro atoms. The predicted molar refractivity (Wildman–Crippen MR) is 63.4 cm³/mol. The summed E-state index contributed by atoms with van der Waals surface area (Å²) in [5.41, 5.74) is 0.948. The first-order valence-electron chi connectivity index (χ1n) is 6.06. The summed E-state index contributed by atoms with van der Waals surface area (Å²) in [4.78, 5) is 11.6. The van der Waals surface area contributed by atoms with E-state index in [0.29, 0.717) is 5.75 Å². The van der Waals surface area contributed by atoms with E-state index in [-0.39, 0.29) is 12.4 Å². The fraction of sp³-hybridized carbons (Fsp3) is 0.143. The number of carbonyl (C=O) groups is 1. The molecule has 0 bridgehead atoms. The number of ether oxygens (including phenoxy) is 1. The molecule has 22 heavy (non-hydrogen) atoms. The van der Waals surface area contributed by atoms with E-state index in [0.717, 1.165) is 5.56 Å². The number of aromatic nitrogens is 1. The summed E-state index contributed by atoms with van der Waals surface area (Å²) in [6.07, 6.45) is 4.10. The minimum absolute atomic E-state index is 0.245. The van der Waals surface area contributed by atoms with Gasteiger partial charge in [-0.1, -0.05) is 18.2 Å². The summed E-state index contributed by atoms with van der Waals surface area (Å²) in [5.74, 6) is 0.337. The van der Waals surface area contributed by atoms with Crippen molar-refractivity contribution in [3.8, 4) is 5.75 Å². The summed E-state index contributed by atoms with van der Waals surface area (Å²) in [6.45, 7) is 0. The van der Waals surface area contributed by atoms with E-state index >= 15 is 0 Å². The Morgan fingerprint density at radius 3 is 2.05 bits per heavy atom. The van der Waals surface area contributed by atoms with Crippen molar-refractivity contribution in [3.05, 3.63) is 60.4 Å². The molecule has 0 unspecified atom stereocenters. The van der Waals surface area contributed by atoms with E-state index < -0.39 is 10.2 Å². The number of hydrogen-bond donors (Lipinski definition) is 0. The number of hydrogen-bond acceptors (Lipinski definition) is 6. The van der Waals surface area contributed by atoms with Gasteiger partial charge in [0.25, 0.3) is 0 Å². The Kier molecular flexibility index (Phi) is 6.90. The topological polar surface area (TPSA) is 122 Å². The van der Waals surface area contributed by atoms with Gasteiger partial charge in [0, 0.05) is 12.1 Å². The number of esters is 1. The summed E-state index contributed by atoms with van der Waals surface area (Å²) >= 11 is 0. The highest BCUT2D eigenvalue weighted by molar-refractivity contribution is 5.74. The molecule has 8 heteroatoms. The molecule has 0 aliphatic heterocycles. The Morgan fingerprint density at radius 1 is 1.05 bits per heavy atom. The quantitative estimate of drug-likeness (QED) is 0.334. The van der Waals surface area contributed by atoms with Gasteiger partial charge in [-0.3, -0.25) is 4.79 Å². The van der Waals surface area contributed by atoms with E-state index in [4.69, 9.17) is 23.4 Å². The number of carbonyl (C=O) groups excluding carboxylic acids is 1. The molecule has 0 aliphatic rings. The second kappa shape index (κ2) is 8.42. The standard InChI is InChI=1S/C14H14NO2.ClHO4/c1-15-9-7-12(8-10-15)11-14(16)17-13-5-3-2-4-6-13;2-1(3,4)5/h2-10H,11H2,1H3;(H,2,3,4,5)/q+1;/p-1. The third kappa shape index (κ3) is 9.01. The molecule has 2 aromatic rings. The number of nitrogens with zero attached hydrogens (tertiary/aromatic N) is 1. The number of aryl methyl sites for hydroxylation is 1. The van der Waals surface area contributed by atoms with Gasteiger partial charge in [0.05, 0.1) is 6.42 Å². The Hall–Kier alpha value is -2.03. The van der Waals surface area contributed by atoms with Crippen molar-refractivity contribution in [3.63, 3.8) is 0 Å². The number of pyridine rings is 1. The van der Waals surface area contributed by atoms with Gasteiger partial charge in [0.1, 0.15) is 12.8 Å². The second-order valence-electron chi connectivity index (χ2n) is 4.21. The van der Waals surface area contributed by atoms with Crippen LogP contribution in [0.25, 0.3) is 0 Å². The maximum absolute atomic E-state index is 11.6. The zero-order valence-corrected chi connectivity index (χ0v) is 12.4. The molecule has 1 aromatic carbocycles. The second-order valence-corrected chi connectivity index (χ2v) is 4.97. The zero-order chi connectivity index (χ0) is 16.6. The Balaban J connectivity index is 0.000000422. The summed E-state index contributed by atoms with van der Waals surface area (Å²) in [5, 5.41) is 0. The van der Waals surface area contributed by atoms with Crippen LogP contribution in [0.15, 0.2) is 54.9 Å².